The Morgan fingerprint density at radius 2 is 1.44 bits per heavy atom. The molecule has 2 aromatic rings. The van der Waals surface area contributed by atoms with Gasteiger partial charge in [0.2, 0.25) is 0 Å². The third-order valence-electron chi connectivity index (χ3n) is 3.14. The van der Waals surface area contributed by atoms with Gasteiger partial charge < -0.3 is 5.32 Å². The molecule has 0 radical (unpaired) electrons. The summed E-state index contributed by atoms with van der Waals surface area (Å²) in [5.41, 5.74) is 2.82. The quantitative estimate of drug-likeness (QED) is 0.771. The Morgan fingerprint density at radius 1 is 0.812 bits per heavy atom. The van der Waals surface area contributed by atoms with Crippen LogP contribution >= 0.6 is 0 Å². The van der Waals surface area contributed by atoms with Gasteiger partial charge in [0.25, 0.3) is 0 Å². The Hall–Kier alpha value is -1.60. The van der Waals surface area contributed by atoms with Crippen molar-refractivity contribution >= 4 is 0 Å². The summed E-state index contributed by atoms with van der Waals surface area (Å²) in [5, 5.41) is 3.53. The molecule has 0 amide bonds. The third kappa shape index (κ3) is 2.00. The summed E-state index contributed by atoms with van der Waals surface area (Å²) in [7, 11) is 0. The molecule has 1 heterocycles. The lowest BCUT2D eigenvalue weighted by Crippen LogP contribution is -1.96. The topological polar surface area (TPSA) is 21.9 Å². The van der Waals surface area contributed by atoms with Crippen molar-refractivity contribution < 1.29 is 0 Å². The summed E-state index contributed by atoms with van der Waals surface area (Å²) in [6.07, 6.45) is 1.13. The number of nitrogens with one attached hydrogen (secondary N) is 1. The summed E-state index contributed by atoms with van der Waals surface area (Å²) in [4.78, 5) is 0. The van der Waals surface area contributed by atoms with Crippen molar-refractivity contribution in [1.29, 1.82) is 0 Å². The normalized spacial score (nSPS) is 23.0. The van der Waals surface area contributed by atoms with Crippen LogP contribution in [-0.4, -0.2) is 6.04 Å². The maximum Gasteiger partial charge on any atom is 0.0482 e. The van der Waals surface area contributed by atoms with Crippen molar-refractivity contribution in [2.45, 2.75) is 18.5 Å². The third-order valence-corrected chi connectivity index (χ3v) is 3.14. The molecule has 0 aromatic heterocycles. The lowest BCUT2D eigenvalue weighted by molar-refractivity contribution is 0.902. The zero-order valence-electron chi connectivity index (χ0n) is 9.14. The average molecular weight is 209 g/mol. The molecule has 1 aliphatic rings. The molecule has 1 heteroatoms. The Morgan fingerprint density at radius 3 is 2.12 bits per heavy atom. The van der Waals surface area contributed by atoms with Gasteiger partial charge in [0.1, 0.15) is 0 Å². The maximum absolute atomic E-state index is 3.53. The number of rotatable bonds is 3. The van der Waals surface area contributed by atoms with E-state index in [2.05, 4.69) is 66.0 Å². The predicted octanol–water partition coefficient (Wildman–Crippen LogP) is 2.94. The molecule has 16 heavy (non-hydrogen) atoms. The van der Waals surface area contributed by atoms with Gasteiger partial charge in [0.15, 0.2) is 0 Å². The molecule has 1 aliphatic heterocycles. The van der Waals surface area contributed by atoms with Crippen LogP contribution in [-0.2, 0) is 6.42 Å². The Labute approximate surface area is 96.1 Å². The Balaban J connectivity index is 1.65. The van der Waals surface area contributed by atoms with Crippen molar-refractivity contribution in [3.63, 3.8) is 0 Å². The SMILES string of the molecule is c1ccc(C[C@H]2N[C@H]2c2ccccc2)cc1. The van der Waals surface area contributed by atoms with E-state index in [1.54, 1.807) is 0 Å². The lowest BCUT2D eigenvalue weighted by atomic mass is 10.0. The molecular formula is C15H15N. The largest absolute Gasteiger partial charge is 0.304 e. The van der Waals surface area contributed by atoms with Crippen molar-refractivity contribution in [2.75, 3.05) is 0 Å². The van der Waals surface area contributed by atoms with E-state index in [1.165, 1.54) is 11.1 Å². The zero-order valence-corrected chi connectivity index (χ0v) is 9.14. The van der Waals surface area contributed by atoms with Crippen molar-refractivity contribution in [2.24, 2.45) is 0 Å². The smallest absolute Gasteiger partial charge is 0.0482 e. The molecule has 80 valence electrons. The van der Waals surface area contributed by atoms with Crippen LogP contribution in [0, 0.1) is 0 Å². The van der Waals surface area contributed by atoms with Crippen LogP contribution in [0.15, 0.2) is 60.7 Å². The van der Waals surface area contributed by atoms with E-state index in [0.717, 1.165) is 6.42 Å². The molecule has 1 nitrogen and oxygen atoms in total. The van der Waals surface area contributed by atoms with E-state index >= 15 is 0 Å². The van der Waals surface area contributed by atoms with Crippen LogP contribution in [0.2, 0.25) is 0 Å². The second kappa shape index (κ2) is 4.11. The molecule has 2 aromatic carbocycles. The lowest BCUT2D eigenvalue weighted by Gasteiger charge is -1.99. The first-order valence-electron chi connectivity index (χ1n) is 5.78. The fraction of sp³-hybridized carbons (Fsp3) is 0.200. The fourth-order valence-electron chi connectivity index (χ4n) is 2.21. The van der Waals surface area contributed by atoms with Gasteiger partial charge in [0, 0.05) is 12.1 Å². The predicted molar refractivity (Wildman–Crippen MR) is 66.3 cm³/mol. The molecule has 0 aliphatic carbocycles. The van der Waals surface area contributed by atoms with Crippen LogP contribution < -0.4 is 5.32 Å². The van der Waals surface area contributed by atoms with Gasteiger partial charge in [-0.05, 0) is 17.5 Å². The minimum atomic E-state index is 0.557. The second-order valence-electron chi connectivity index (χ2n) is 4.35. The van der Waals surface area contributed by atoms with Crippen LogP contribution in [0.1, 0.15) is 17.2 Å². The monoisotopic (exact) mass is 209 g/mol. The van der Waals surface area contributed by atoms with Gasteiger partial charge in [-0.3, -0.25) is 0 Å². The van der Waals surface area contributed by atoms with E-state index < -0.39 is 0 Å². The second-order valence-corrected chi connectivity index (χ2v) is 4.35. The van der Waals surface area contributed by atoms with E-state index in [0.29, 0.717) is 12.1 Å². The highest BCUT2D eigenvalue weighted by Crippen LogP contribution is 2.31. The van der Waals surface area contributed by atoms with Crippen molar-refractivity contribution in [1.82, 2.24) is 5.32 Å². The minimum absolute atomic E-state index is 0.557. The van der Waals surface area contributed by atoms with Crippen molar-refractivity contribution in [3.05, 3.63) is 71.8 Å². The Bertz CT molecular complexity index is 449. The van der Waals surface area contributed by atoms with Gasteiger partial charge in [-0.25, -0.2) is 0 Å². The molecule has 0 spiro atoms. The van der Waals surface area contributed by atoms with Crippen LogP contribution in [0.4, 0.5) is 0 Å². The zero-order chi connectivity index (χ0) is 10.8. The summed E-state index contributed by atoms with van der Waals surface area (Å²) in [5.74, 6) is 0. The molecule has 2 atom stereocenters. The number of benzene rings is 2. The molecule has 0 bridgehead atoms. The molecular weight excluding hydrogens is 194 g/mol. The van der Waals surface area contributed by atoms with Crippen LogP contribution in [0.5, 0.6) is 0 Å². The summed E-state index contributed by atoms with van der Waals surface area (Å²) < 4.78 is 0. The van der Waals surface area contributed by atoms with Gasteiger partial charge in [-0.2, -0.15) is 0 Å². The number of hydrogen-bond donors (Lipinski definition) is 1. The van der Waals surface area contributed by atoms with Gasteiger partial charge in [-0.1, -0.05) is 60.7 Å². The highest BCUT2D eigenvalue weighted by molar-refractivity contribution is 5.28. The molecule has 0 unspecified atom stereocenters. The fourth-order valence-corrected chi connectivity index (χ4v) is 2.21. The maximum atomic E-state index is 3.53. The number of hydrogen-bond acceptors (Lipinski definition) is 1. The average Bonchev–Trinajstić information content (AvgIpc) is 3.11. The van der Waals surface area contributed by atoms with E-state index in [1.807, 2.05) is 0 Å². The highest BCUT2D eigenvalue weighted by atomic mass is 15.1. The van der Waals surface area contributed by atoms with Crippen LogP contribution in [0.3, 0.4) is 0 Å². The Kier molecular flexibility index (Phi) is 2.47. The van der Waals surface area contributed by atoms with Crippen molar-refractivity contribution in [3.8, 4) is 0 Å². The van der Waals surface area contributed by atoms with E-state index in [4.69, 9.17) is 0 Å². The van der Waals surface area contributed by atoms with E-state index in [9.17, 15) is 0 Å². The van der Waals surface area contributed by atoms with Gasteiger partial charge in [-0.15, -0.1) is 0 Å². The highest BCUT2D eigenvalue weighted by Gasteiger charge is 2.36. The molecule has 3 rings (SSSR count). The molecule has 1 N–H and O–H groups in total. The summed E-state index contributed by atoms with van der Waals surface area (Å²) >= 11 is 0. The van der Waals surface area contributed by atoms with Gasteiger partial charge >= 0.3 is 0 Å². The summed E-state index contributed by atoms with van der Waals surface area (Å²) in [6.45, 7) is 0. The first kappa shape index (κ1) is 9.61. The van der Waals surface area contributed by atoms with Crippen LogP contribution in [0.25, 0.3) is 0 Å². The molecule has 1 fully saturated rings. The minimum Gasteiger partial charge on any atom is -0.304 e. The molecule has 1 saturated heterocycles. The first-order valence-corrected chi connectivity index (χ1v) is 5.78. The van der Waals surface area contributed by atoms with E-state index in [-0.39, 0.29) is 0 Å². The molecule has 0 saturated carbocycles. The summed E-state index contributed by atoms with van der Waals surface area (Å²) in [6, 6.07) is 22.5. The van der Waals surface area contributed by atoms with Gasteiger partial charge in [0.05, 0.1) is 0 Å². The first-order chi connectivity index (χ1) is 7.93. The standard InChI is InChI=1S/C15H15N/c1-3-7-12(8-4-1)11-14-15(16-14)13-9-5-2-6-10-13/h1-10,14-16H,11H2/t14-,15+/m1/s1.